The summed E-state index contributed by atoms with van der Waals surface area (Å²) in [5, 5.41) is 6.66. The van der Waals surface area contributed by atoms with Gasteiger partial charge in [0.05, 0.1) is 13.2 Å². The van der Waals surface area contributed by atoms with Crippen molar-refractivity contribution in [3.05, 3.63) is 35.9 Å². The Balaban J connectivity index is 0.00000264. The molecule has 2 rings (SSSR count). The minimum Gasteiger partial charge on any atom is -0.380 e. The van der Waals surface area contributed by atoms with Crippen LogP contribution in [0.5, 0.6) is 0 Å². The fourth-order valence-corrected chi connectivity index (χ4v) is 2.89. The summed E-state index contributed by atoms with van der Waals surface area (Å²) in [6.07, 6.45) is 3.77. The Labute approximate surface area is 157 Å². The van der Waals surface area contributed by atoms with E-state index >= 15 is 0 Å². The third-order valence-electron chi connectivity index (χ3n) is 4.32. The van der Waals surface area contributed by atoms with Crippen molar-refractivity contribution in [3.8, 4) is 0 Å². The molecule has 1 aliphatic rings. The van der Waals surface area contributed by atoms with Gasteiger partial charge in [-0.25, -0.2) is 0 Å². The lowest BCUT2D eigenvalue weighted by molar-refractivity contribution is 0.152. The van der Waals surface area contributed by atoms with E-state index in [1.54, 1.807) is 0 Å². The van der Waals surface area contributed by atoms with E-state index in [1.165, 1.54) is 24.8 Å². The summed E-state index contributed by atoms with van der Waals surface area (Å²) in [4.78, 5) is 4.82. The van der Waals surface area contributed by atoms with E-state index < -0.39 is 0 Å². The molecule has 0 amide bonds. The van der Waals surface area contributed by atoms with Crippen LogP contribution in [-0.4, -0.2) is 38.8 Å². The molecule has 0 unspecified atom stereocenters. The molecular formula is C18H30IN3O. The number of ether oxygens (including phenoxy) is 1. The number of nitrogens with zero attached hydrogens (tertiary/aromatic N) is 1. The van der Waals surface area contributed by atoms with E-state index in [2.05, 4.69) is 47.9 Å². The van der Waals surface area contributed by atoms with E-state index in [9.17, 15) is 0 Å². The molecule has 23 heavy (non-hydrogen) atoms. The van der Waals surface area contributed by atoms with Crippen molar-refractivity contribution >= 4 is 29.9 Å². The average molecular weight is 431 g/mol. The van der Waals surface area contributed by atoms with Gasteiger partial charge in [-0.05, 0) is 32.3 Å². The molecule has 0 atom stereocenters. The number of benzene rings is 1. The molecule has 1 fully saturated rings. The second-order valence-electron chi connectivity index (χ2n) is 5.82. The molecule has 1 aromatic rings. The predicted molar refractivity (Wildman–Crippen MR) is 108 cm³/mol. The molecule has 5 heteroatoms. The van der Waals surface area contributed by atoms with Gasteiger partial charge in [0.25, 0.3) is 0 Å². The highest BCUT2D eigenvalue weighted by atomic mass is 127. The summed E-state index contributed by atoms with van der Waals surface area (Å²) >= 11 is 0. The van der Waals surface area contributed by atoms with Crippen molar-refractivity contribution in [2.24, 2.45) is 4.99 Å². The summed E-state index contributed by atoms with van der Waals surface area (Å²) in [6.45, 7) is 8.09. The standard InChI is InChI=1S/C18H29N3O.HI/c1-3-19-17(20-13-14-22-4-2)21-15-18(11-8-12-18)16-9-6-5-7-10-16;/h5-7,9-10H,3-4,8,11-15H2,1-2H3,(H2,19,20,21);1H. The first kappa shape index (κ1) is 20.2. The van der Waals surface area contributed by atoms with Crippen molar-refractivity contribution in [2.45, 2.75) is 38.5 Å². The first-order valence-electron chi connectivity index (χ1n) is 8.46. The van der Waals surface area contributed by atoms with Gasteiger partial charge in [-0.2, -0.15) is 0 Å². The first-order chi connectivity index (χ1) is 10.8. The smallest absolute Gasteiger partial charge is 0.191 e. The molecule has 0 heterocycles. The molecule has 1 saturated carbocycles. The van der Waals surface area contributed by atoms with E-state index in [-0.39, 0.29) is 29.4 Å². The fourth-order valence-electron chi connectivity index (χ4n) is 2.89. The maximum atomic E-state index is 5.36. The lowest BCUT2D eigenvalue weighted by atomic mass is 9.64. The van der Waals surface area contributed by atoms with Gasteiger partial charge in [-0.1, -0.05) is 36.8 Å². The lowest BCUT2D eigenvalue weighted by Crippen LogP contribution is -2.42. The number of hydrogen-bond donors (Lipinski definition) is 2. The van der Waals surface area contributed by atoms with Crippen LogP contribution in [0.4, 0.5) is 0 Å². The highest BCUT2D eigenvalue weighted by Crippen LogP contribution is 2.43. The molecule has 0 aliphatic heterocycles. The molecule has 0 radical (unpaired) electrons. The van der Waals surface area contributed by atoms with Crippen LogP contribution in [0.2, 0.25) is 0 Å². The Morgan fingerprint density at radius 3 is 2.48 bits per heavy atom. The zero-order chi connectivity index (χ0) is 15.7. The largest absolute Gasteiger partial charge is 0.380 e. The van der Waals surface area contributed by atoms with Crippen LogP contribution in [0.25, 0.3) is 0 Å². The Hall–Kier alpha value is -0.820. The predicted octanol–water partition coefficient (Wildman–Crippen LogP) is 3.32. The molecule has 0 spiro atoms. The summed E-state index contributed by atoms with van der Waals surface area (Å²) in [5.41, 5.74) is 1.67. The second-order valence-corrected chi connectivity index (χ2v) is 5.82. The van der Waals surface area contributed by atoms with Crippen molar-refractivity contribution in [1.29, 1.82) is 0 Å². The van der Waals surface area contributed by atoms with Crippen LogP contribution in [0.3, 0.4) is 0 Å². The second kappa shape index (κ2) is 10.9. The SMILES string of the molecule is CCNC(=NCC1(c2ccccc2)CCC1)NCCOCC.I. The van der Waals surface area contributed by atoms with Crippen molar-refractivity contribution < 1.29 is 4.74 Å². The zero-order valence-corrected chi connectivity index (χ0v) is 16.6. The van der Waals surface area contributed by atoms with Gasteiger partial charge >= 0.3 is 0 Å². The summed E-state index contributed by atoms with van der Waals surface area (Å²) in [5.74, 6) is 0.893. The van der Waals surface area contributed by atoms with Gasteiger partial charge in [0.2, 0.25) is 0 Å². The highest BCUT2D eigenvalue weighted by molar-refractivity contribution is 14.0. The molecule has 1 aromatic carbocycles. The zero-order valence-electron chi connectivity index (χ0n) is 14.3. The average Bonchev–Trinajstić information content (AvgIpc) is 2.51. The third-order valence-corrected chi connectivity index (χ3v) is 4.32. The highest BCUT2D eigenvalue weighted by Gasteiger charge is 2.38. The van der Waals surface area contributed by atoms with Gasteiger partial charge in [0.15, 0.2) is 5.96 Å². The fraction of sp³-hybridized carbons (Fsp3) is 0.611. The first-order valence-corrected chi connectivity index (χ1v) is 8.46. The number of hydrogen-bond acceptors (Lipinski definition) is 2. The minimum absolute atomic E-state index is 0. The van der Waals surface area contributed by atoms with E-state index in [0.717, 1.165) is 32.2 Å². The quantitative estimate of drug-likeness (QED) is 0.287. The van der Waals surface area contributed by atoms with Crippen LogP contribution in [0, 0.1) is 0 Å². The van der Waals surface area contributed by atoms with Gasteiger partial charge in [-0.15, -0.1) is 24.0 Å². The topological polar surface area (TPSA) is 45.7 Å². The Morgan fingerprint density at radius 2 is 1.91 bits per heavy atom. The number of halogens is 1. The molecule has 1 aliphatic carbocycles. The maximum absolute atomic E-state index is 5.36. The van der Waals surface area contributed by atoms with Crippen molar-refractivity contribution in [1.82, 2.24) is 10.6 Å². The molecule has 130 valence electrons. The monoisotopic (exact) mass is 431 g/mol. The van der Waals surface area contributed by atoms with Crippen molar-refractivity contribution in [3.63, 3.8) is 0 Å². The minimum atomic E-state index is 0. The van der Waals surface area contributed by atoms with E-state index in [0.29, 0.717) is 6.61 Å². The van der Waals surface area contributed by atoms with Crippen LogP contribution < -0.4 is 10.6 Å². The van der Waals surface area contributed by atoms with Gasteiger partial charge in [-0.3, -0.25) is 4.99 Å². The van der Waals surface area contributed by atoms with Gasteiger partial charge in [0.1, 0.15) is 0 Å². The van der Waals surface area contributed by atoms with Gasteiger partial charge in [0, 0.05) is 25.1 Å². The number of aliphatic imine (C=N–C) groups is 1. The number of guanidine groups is 1. The number of nitrogens with one attached hydrogen (secondary N) is 2. The normalized spacial score (nSPS) is 16.2. The van der Waals surface area contributed by atoms with Crippen molar-refractivity contribution in [2.75, 3.05) is 32.8 Å². The molecule has 4 nitrogen and oxygen atoms in total. The van der Waals surface area contributed by atoms with Gasteiger partial charge < -0.3 is 15.4 Å². The Morgan fingerprint density at radius 1 is 1.17 bits per heavy atom. The maximum Gasteiger partial charge on any atom is 0.191 e. The Bertz CT molecular complexity index is 461. The molecule has 0 bridgehead atoms. The summed E-state index contributed by atoms with van der Waals surface area (Å²) < 4.78 is 5.36. The van der Waals surface area contributed by atoms with Crippen LogP contribution in [0.15, 0.2) is 35.3 Å². The summed E-state index contributed by atoms with van der Waals surface area (Å²) in [6, 6.07) is 10.8. The van der Waals surface area contributed by atoms with Crippen LogP contribution in [-0.2, 0) is 10.2 Å². The van der Waals surface area contributed by atoms with E-state index in [4.69, 9.17) is 9.73 Å². The molecular weight excluding hydrogens is 401 g/mol. The molecule has 0 saturated heterocycles. The van der Waals surface area contributed by atoms with Crippen LogP contribution in [0.1, 0.15) is 38.7 Å². The molecule has 0 aromatic heterocycles. The lowest BCUT2D eigenvalue weighted by Gasteiger charge is -2.41. The van der Waals surface area contributed by atoms with Crippen LogP contribution >= 0.6 is 24.0 Å². The number of rotatable bonds is 8. The third kappa shape index (κ3) is 5.95. The Kier molecular flexibility index (Phi) is 9.55. The summed E-state index contributed by atoms with van der Waals surface area (Å²) in [7, 11) is 0. The van der Waals surface area contributed by atoms with E-state index in [1.807, 2.05) is 6.92 Å². The molecule has 2 N–H and O–H groups in total.